The second kappa shape index (κ2) is 2.81. The third-order valence-electron chi connectivity index (χ3n) is 6.87. The Morgan fingerprint density at radius 3 is 2.06 bits per heavy atom. The normalized spacial score (nSPS) is 36.4. The SMILES string of the molecule is CC1(C2=CC3(CC3)C3(CC3)C(=C3CC3)CC2)CC1. The van der Waals surface area contributed by atoms with Crippen molar-refractivity contribution in [3.05, 3.63) is 22.8 Å². The molecule has 0 aromatic rings. The van der Waals surface area contributed by atoms with Crippen LogP contribution in [0.2, 0.25) is 0 Å². The van der Waals surface area contributed by atoms with E-state index in [4.69, 9.17) is 0 Å². The van der Waals surface area contributed by atoms with Gasteiger partial charge in [0.15, 0.2) is 0 Å². The van der Waals surface area contributed by atoms with Crippen molar-refractivity contribution < 1.29 is 0 Å². The number of hydrogen-bond donors (Lipinski definition) is 0. The first-order valence-corrected chi connectivity index (χ1v) is 8.11. The molecule has 0 unspecified atom stereocenters. The smallest absolute Gasteiger partial charge is 0.000633 e. The molecular weight excluding hydrogens is 216 g/mol. The molecule has 96 valence electrons. The first-order valence-electron chi connectivity index (χ1n) is 8.11. The van der Waals surface area contributed by atoms with E-state index in [1.165, 1.54) is 64.2 Å². The van der Waals surface area contributed by atoms with Crippen LogP contribution in [0, 0.1) is 16.2 Å². The van der Waals surface area contributed by atoms with Gasteiger partial charge < -0.3 is 0 Å². The van der Waals surface area contributed by atoms with Crippen molar-refractivity contribution in [1.29, 1.82) is 0 Å². The highest BCUT2D eigenvalue weighted by Gasteiger charge is 2.67. The average Bonchev–Trinajstić information content (AvgIpc) is 3.20. The molecule has 0 saturated heterocycles. The summed E-state index contributed by atoms with van der Waals surface area (Å²) in [6.07, 6.45) is 17.5. The maximum Gasteiger partial charge on any atom is 0.000633 e. The fourth-order valence-electron chi connectivity index (χ4n) is 4.89. The summed E-state index contributed by atoms with van der Waals surface area (Å²) in [5, 5.41) is 0. The largest absolute Gasteiger partial charge is 0.0777 e. The summed E-state index contributed by atoms with van der Waals surface area (Å²) in [5.74, 6) is 0. The molecule has 0 aliphatic heterocycles. The lowest BCUT2D eigenvalue weighted by Gasteiger charge is -2.25. The van der Waals surface area contributed by atoms with Crippen LogP contribution in [0.1, 0.15) is 71.1 Å². The van der Waals surface area contributed by atoms with Gasteiger partial charge in [0.1, 0.15) is 0 Å². The summed E-state index contributed by atoms with van der Waals surface area (Å²) < 4.78 is 0. The molecular formula is C18H24. The number of allylic oxidation sites excluding steroid dienone is 4. The lowest BCUT2D eigenvalue weighted by Crippen LogP contribution is -2.17. The maximum atomic E-state index is 2.82. The molecule has 0 heterocycles. The molecule has 0 aromatic carbocycles. The predicted octanol–water partition coefficient (Wildman–Crippen LogP) is 5.16. The topological polar surface area (TPSA) is 0 Å². The minimum Gasteiger partial charge on any atom is -0.0777 e. The molecule has 0 amide bonds. The van der Waals surface area contributed by atoms with Crippen LogP contribution in [0.5, 0.6) is 0 Å². The van der Waals surface area contributed by atoms with E-state index in [1.807, 2.05) is 16.7 Å². The molecule has 0 radical (unpaired) electrons. The molecule has 0 bridgehead atoms. The minimum atomic E-state index is 0.634. The molecule has 0 heteroatoms. The summed E-state index contributed by atoms with van der Waals surface area (Å²) in [4.78, 5) is 0. The van der Waals surface area contributed by atoms with E-state index in [-0.39, 0.29) is 0 Å². The highest BCUT2D eigenvalue weighted by molar-refractivity contribution is 5.45. The minimum absolute atomic E-state index is 0.634. The Morgan fingerprint density at radius 1 is 0.833 bits per heavy atom. The van der Waals surface area contributed by atoms with Crippen LogP contribution in [0.15, 0.2) is 22.8 Å². The maximum absolute atomic E-state index is 2.82. The predicted molar refractivity (Wildman–Crippen MR) is 74.3 cm³/mol. The van der Waals surface area contributed by atoms with Crippen LogP contribution in [0.25, 0.3) is 0 Å². The molecule has 5 aliphatic carbocycles. The van der Waals surface area contributed by atoms with E-state index < -0.39 is 0 Å². The van der Waals surface area contributed by atoms with Crippen molar-refractivity contribution in [2.75, 3.05) is 0 Å². The van der Waals surface area contributed by atoms with Gasteiger partial charge in [0.2, 0.25) is 0 Å². The van der Waals surface area contributed by atoms with E-state index in [2.05, 4.69) is 13.0 Å². The zero-order valence-corrected chi connectivity index (χ0v) is 11.6. The van der Waals surface area contributed by atoms with Gasteiger partial charge in [-0.1, -0.05) is 29.7 Å². The molecule has 4 fully saturated rings. The summed E-state index contributed by atoms with van der Waals surface area (Å²) in [7, 11) is 0. The van der Waals surface area contributed by atoms with Crippen molar-refractivity contribution in [3.63, 3.8) is 0 Å². The Labute approximate surface area is 111 Å². The molecule has 2 spiro atoms. The Morgan fingerprint density at radius 2 is 1.56 bits per heavy atom. The number of rotatable bonds is 1. The van der Waals surface area contributed by atoms with Crippen LogP contribution in [-0.4, -0.2) is 0 Å². The fraction of sp³-hybridized carbons (Fsp3) is 0.778. The van der Waals surface area contributed by atoms with Gasteiger partial charge in [0, 0.05) is 5.41 Å². The van der Waals surface area contributed by atoms with Gasteiger partial charge in [-0.05, 0) is 75.0 Å². The second-order valence-electron chi connectivity index (χ2n) is 8.05. The van der Waals surface area contributed by atoms with Gasteiger partial charge in [-0.15, -0.1) is 0 Å². The van der Waals surface area contributed by atoms with E-state index in [1.54, 1.807) is 0 Å². The highest BCUT2D eigenvalue weighted by atomic mass is 14.7. The number of fused-ring (bicyclic) bond motifs is 1. The van der Waals surface area contributed by atoms with Crippen LogP contribution in [0.4, 0.5) is 0 Å². The summed E-state index contributed by atoms with van der Waals surface area (Å²) in [5.41, 5.74) is 7.71. The standard InChI is InChI=1S/C18H24/c1-16(6-7-16)14-4-5-15(13-2-3-13)18(10-11-18)17(12-14)8-9-17/h12H,2-11H2,1H3. The van der Waals surface area contributed by atoms with Crippen molar-refractivity contribution in [2.45, 2.75) is 71.1 Å². The highest BCUT2D eigenvalue weighted by Crippen LogP contribution is 2.78. The molecule has 0 atom stereocenters. The molecule has 0 N–H and O–H groups in total. The molecule has 5 rings (SSSR count). The van der Waals surface area contributed by atoms with Crippen molar-refractivity contribution in [2.24, 2.45) is 16.2 Å². The third-order valence-corrected chi connectivity index (χ3v) is 6.87. The Hall–Kier alpha value is -0.520. The molecule has 0 aromatic heterocycles. The van der Waals surface area contributed by atoms with E-state index >= 15 is 0 Å². The third kappa shape index (κ3) is 1.18. The lowest BCUT2D eigenvalue weighted by molar-refractivity contribution is 0.405. The monoisotopic (exact) mass is 240 g/mol. The molecule has 5 aliphatic rings. The van der Waals surface area contributed by atoms with Crippen LogP contribution in [-0.2, 0) is 0 Å². The first-order chi connectivity index (χ1) is 8.68. The zero-order valence-electron chi connectivity index (χ0n) is 11.6. The molecule has 18 heavy (non-hydrogen) atoms. The van der Waals surface area contributed by atoms with Gasteiger partial charge in [-0.25, -0.2) is 0 Å². The van der Waals surface area contributed by atoms with E-state index in [0.717, 1.165) is 0 Å². The summed E-state index contributed by atoms with van der Waals surface area (Å²) in [6, 6.07) is 0. The second-order valence-corrected chi connectivity index (χ2v) is 8.05. The average molecular weight is 240 g/mol. The Balaban J connectivity index is 1.62. The van der Waals surface area contributed by atoms with Crippen LogP contribution >= 0.6 is 0 Å². The first kappa shape index (κ1) is 10.3. The van der Waals surface area contributed by atoms with Crippen molar-refractivity contribution in [1.82, 2.24) is 0 Å². The van der Waals surface area contributed by atoms with Crippen LogP contribution in [0.3, 0.4) is 0 Å². The van der Waals surface area contributed by atoms with Gasteiger partial charge in [0.25, 0.3) is 0 Å². The van der Waals surface area contributed by atoms with Gasteiger partial charge in [-0.2, -0.15) is 0 Å². The van der Waals surface area contributed by atoms with Crippen molar-refractivity contribution >= 4 is 0 Å². The fourth-order valence-corrected chi connectivity index (χ4v) is 4.89. The zero-order chi connectivity index (χ0) is 12.0. The van der Waals surface area contributed by atoms with Gasteiger partial charge >= 0.3 is 0 Å². The van der Waals surface area contributed by atoms with Gasteiger partial charge in [0.05, 0.1) is 0 Å². The van der Waals surface area contributed by atoms with Gasteiger partial charge in [-0.3, -0.25) is 0 Å². The molecule has 4 saturated carbocycles. The molecule has 0 nitrogen and oxygen atoms in total. The number of hydrogen-bond acceptors (Lipinski definition) is 0. The Kier molecular flexibility index (Phi) is 1.61. The summed E-state index contributed by atoms with van der Waals surface area (Å²) >= 11 is 0. The van der Waals surface area contributed by atoms with E-state index in [0.29, 0.717) is 16.2 Å². The van der Waals surface area contributed by atoms with E-state index in [9.17, 15) is 0 Å². The summed E-state index contributed by atoms with van der Waals surface area (Å²) in [6.45, 7) is 2.52. The lowest BCUT2D eigenvalue weighted by atomic mass is 9.78. The van der Waals surface area contributed by atoms with Crippen LogP contribution < -0.4 is 0 Å². The quantitative estimate of drug-likeness (QED) is 0.555. The van der Waals surface area contributed by atoms with Crippen molar-refractivity contribution in [3.8, 4) is 0 Å². The Bertz CT molecular complexity index is 484.